The minimum Gasteiger partial charge on any atom is -0.324 e. The molecule has 3 heterocycles. The zero-order valence-electron chi connectivity index (χ0n) is 25.0. The lowest BCUT2D eigenvalue weighted by atomic mass is 9.78. The number of hydrogen-bond donors (Lipinski definition) is 1. The number of aryl methyl sites for hydroxylation is 2. The average molecular weight is 557 g/mol. The summed E-state index contributed by atoms with van der Waals surface area (Å²) in [5, 5.41) is 3.43. The van der Waals surface area contributed by atoms with Crippen molar-refractivity contribution in [2.45, 2.75) is 70.4 Å². The Morgan fingerprint density at radius 2 is 1.66 bits per heavy atom. The Kier molecular flexibility index (Phi) is 9.29. The maximum atomic E-state index is 13.5. The van der Waals surface area contributed by atoms with Crippen LogP contribution in [0, 0.1) is 12.3 Å². The van der Waals surface area contributed by atoms with Gasteiger partial charge in [0.1, 0.15) is 0 Å². The molecule has 3 aliphatic rings. The molecule has 1 spiro atoms. The number of nitrogens with zero attached hydrogens (tertiary/aromatic N) is 3. The molecule has 1 aliphatic carbocycles. The van der Waals surface area contributed by atoms with Crippen LogP contribution in [-0.4, -0.2) is 53.1 Å². The van der Waals surface area contributed by atoms with E-state index in [0.717, 1.165) is 43.6 Å². The van der Waals surface area contributed by atoms with Gasteiger partial charge in [-0.05, 0) is 86.2 Å². The number of hydrogen-bond acceptors (Lipinski definition) is 3. The van der Waals surface area contributed by atoms with Gasteiger partial charge in [0.05, 0.1) is 6.04 Å². The molecule has 1 N–H and O–H groups in total. The van der Waals surface area contributed by atoms with Crippen molar-refractivity contribution in [2.24, 2.45) is 12.5 Å². The fourth-order valence-corrected chi connectivity index (χ4v) is 7.15. The minimum absolute atomic E-state index is 0. The van der Waals surface area contributed by atoms with Crippen LogP contribution in [0.1, 0.15) is 70.0 Å². The number of urea groups is 1. The molecule has 0 unspecified atom stereocenters. The number of nitrogens with one attached hydrogen (secondary N) is 1. The smallest absolute Gasteiger partial charge is 0.320 e. The molecule has 220 valence electrons. The summed E-state index contributed by atoms with van der Waals surface area (Å²) >= 11 is 0. The van der Waals surface area contributed by atoms with Crippen LogP contribution in [0.3, 0.4) is 0 Å². The summed E-state index contributed by atoms with van der Waals surface area (Å²) in [6.45, 7) is 4.83. The highest BCUT2D eigenvalue weighted by Crippen LogP contribution is 2.45. The van der Waals surface area contributed by atoms with Gasteiger partial charge in [-0.15, -0.1) is 0 Å². The minimum atomic E-state index is 0. The Labute approximate surface area is 246 Å². The number of pyridine rings is 1. The van der Waals surface area contributed by atoms with Gasteiger partial charge in [0.15, 0.2) is 0 Å². The number of carbonyl (C=O) groups is 1. The summed E-state index contributed by atoms with van der Waals surface area (Å²) in [7, 11) is 3.79. The van der Waals surface area contributed by atoms with E-state index in [9.17, 15) is 9.59 Å². The molecule has 0 radical (unpaired) electrons. The van der Waals surface area contributed by atoms with Crippen LogP contribution in [0.4, 0.5) is 4.79 Å². The van der Waals surface area contributed by atoms with E-state index >= 15 is 0 Å². The second-order valence-electron chi connectivity index (χ2n) is 12.3. The van der Waals surface area contributed by atoms with Crippen molar-refractivity contribution in [2.75, 3.05) is 26.7 Å². The van der Waals surface area contributed by atoms with Crippen molar-refractivity contribution >= 4 is 6.03 Å². The predicted molar refractivity (Wildman–Crippen MR) is 169 cm³/mol. The van der Waals surface area contributed by atoms with Gasteiger partial charge in [0.2, 0.25) is 0 Å². The molecule has 6 heteroatoms. The summed E-state index contributed by atoms with van der Waals surface area (Å²) in [5.41, 5.74) is 5.01. The lowest BCUT2D eigenvalue weighted by Crippen LogP contribution is -2.54. The number of aromatic nitrogens is 1. The molecule has 2 aliphatic heterocycles. The normalized spacial score (nSPS) is 21.8. The quantitative estimate of drug-likeness (QED) is 0.386. The summed E-state index contributed by atoms with van der Waals surface area (Å²) in [5.74, 6) is 0. The first-order chi connectivity index (χ1) is 19.9. The van der Waals surface area contributed by atoms with Gasteiger partial charge < -0.3 is 19.7 Å². The molecule has 3 aromatic rings. The molecule has 1 aromatic heterocycles. The largest absolute Gasteiger partial charge is 0.324 e. The summed E-state index contributed by atoms with van der Waals surface area (Å²) in [4.78, 5) is 29.3. The van der Waals surface area contributed by atoms with Crippen LogP contribution >= 0.6 is 0 Å². The molecular weight excluding hydrogens is 508 g/mol. The zero-order valence-corrected chi connectivity index (χ0v) is 25.0. The summed E-state index contributed by atoms with van der Waals surface area (Å²) in [6, 6.07) is 23.3. The molecule has 2 saturated heterocycles. The Balaban J connectivity index is 0.000000216. The van der Waals surface area contributed by atoms with E-state index in [1.165, 1.54) is 49.7 Å². The zero-order chi connectivity index (χ0) is 28.8. The lowest BCUT2D eigenvalue weighted by molar-refractivity contribution is 0.0654. The summed E-state index contributed by atoms with van der Waals surface area (Å²) < 4.78 is 1.57. The standard InChI is InChI=1S/C22H33N3O.C13H13NO.H2/c1-23-19-10-15-25(20(16-19)18-8-3-2-4-9-18)21(26)24-14-7-13-22(17-24)11-5-6-12-22;1-10-5-3-4-6-12(10)11-7-8-14(2)13(15)9-11;/h2-4,8-9,19-20,23H,5-7,10-17H2,1H3;3-9H,1-2H3;1H/t19-,20+;;/m1../s1. The number of carbonyl (C=O) groups excluding carboxylic acids is 1. The molecular formula is C35H48N4O2. The summed E-state index contributed by atoms with van der Waals surface area (Å²) in [6.07, 6.45) is 11.7. The van der Waals surface area contributed by atoms with E-state index in [1.807, 2.05) is 44.3 Å². The van der Waals surface area contributed by atoms with E-state index in [4.69, 9.17) is 0 Å². The molecule has 6 rings (SSSR count). The highest BCUT2D eigenvalue weighted by atomic mass is 16.2. The molecule has 2 atom stereocenters. The second kappa shape index (κ2) is 13.1. The molecule has 3 fully saturated rings. The molecule has 1 saturated carbocycles. The van der Waals surface area contributed by atoms with E-state index < -0.39 is 0 Å². The first kappa shape index (κ1) is 29.1. The van der Waals surface area contributed by atoms with Crippen molar-refractivity contribution in [3.8, 4) is 11.1 Å². The van der Waals surface area contributed by atoms with Crippen LogP contribution in [0.5, 0.6) is 0 Å². The highest BCUT2D eigenvalue weighted by Gasteiger charge is 2.42. The van der Waals surface area contributed by atoms with Crippen LogP contribution < -0.4 is 10.9 Å². The van der Waals surface area contributed by atoms with Gasteiger partial charge in [-0.1, -0.05) is 67.4 Å². The third-order valence-electron chi connectivity index (χ3n) is 9.60. The fourth-order valence-electron chi connectivity index (χ4n) is 7.15. The number of amides is 2. The van der Waals surface area contributed by atoms with Crippen molar-refractivity contribution in [3.05, 3.63) is 94.4 Å². The van der Waals surface area contributed by atoms with Gasteiger partial charge in [-0.3, -0.25) is 4.79 Å². The van der Waals surface area contributed by atoms with E-state index in [-0.39, 0.29) is 19.1 Å². The predicted octanol–water partition coefficient (Wildman–Crippen LogP) is 6.79. The topological polar surface area (TPSA) is 57.6 Å². The average Bonchev–Trinajstić information content (AvgIpc) is 3.46. The van der Waals surface area contributed by atoms with Crippen molar-refractivity contribution in [1.29, 1.82) is 0 Å². The Bertz CT molecular complexity index is 1370. The number of piperidine rings is 2. The number of rotatable bonds is 3. The molecule has 2 amide bonds. The van der Waals surface area contributed by atoms with Gasteiger partial charge in [0, 0.05) is 46.4 Å². The maximum Gasteiger partial charge on any atom is 0.320 e. The van der Waals surface area contributed by atoms with E-state index in [2.05, 4.69) is 45.4 Å². The van der Waals surface area contributed by atoms with E-state index in [1.54, 1.807) is 23.9 Å². The maximum absolute atomic E-state index is 13.5. The number of benzene rings is 2. The Morgan fingerprint density at radius 1 is 0.951 bits per heavy atom. The molecule has 0 bridgehead atoms. The molecule has 41 heavy (non-hydrogen) atoms. The second-order valence-corrected chi connectivity index (χ2v) is 12.3. The van der Waals surface area contributed by atoms with Gasteiger partial charge in [0.25, 0.3) is 5.56 Å². The monoisotopic (exact) mass is 556 g/mol. The van der Waals surface area contributed by atoms with Crippen LogP contribution in [0.15, 0.2) is 77.7 Å². The van der Waals surface area contributed by atoms with Crippen LogP contribution in [0.2, 0.25) is 0 Å². The van der Waals surface area contributed by atoms with Gasteiger partial charge in [-0.2, -0.15) is 0 Å². The first-order valence-corrected chi connectivity index (χ1v) is 15.4. The third-order valence-corrected chi connectivity index (χ3v) is 9.60. The molecule has 6 nitrogen and oxygen atoms in total. The Hall–Kier alpha value is -3.38. The van der Waals surface area contributed by atoms with Crippen molar-refractivity contribution < 1.29 is 6.22 Å². The highest BCUT2D eigenvalue weighted by molar-refractivity contribution is 5.75. The number of likely N-dealkylation sites (tertiary alicyclic amines) is 2. The lowest BCUT2D eigenvalue weighted by Gasteiger charge is -2.46. The van der Waals surface area contributed by atoms with Crippen LogP contribution in [0.25, 0.3) is 11.1 Å². The van der Waals surface area contributed by atoms with Crippen molar-refractivity contribution in [3.63, 3.8) is 0 Å². The van der Waals surface area contributed by atoms with Crippen molar-refractivity contribution in [1.82, 2.24) is 19.7 Å². The molecule has 2 aromatic carbocycles. The Morgan fingerprint density at radius 3 is 2.37 bits per heavy atom. The fraction of sp³-hybridized carbons (Fsp3) is 0.486. The van der Waals surface area contributed by atoms with E-state index in [0.29, 0.717) is 11.5 Å². The van der Waals surface area contributed by atoms with Gasteiger partial charge in [-0.25, -0.2) is 4.79 Å². The van der Waals surface area contributed by atoms with Crippen LogP contribution in [-0.2, 0) is 7.05 Å². The first-order valence-electron chi connectivity index (χ1n) is 15.4. The third kappa shape index (κ3) is 6.75. The SMILES string of the molecule is CN[C@@H]1CCN(C(=O)N2CCCC3(CCCC3)C2)[C@H](c2ccccc2)C1.Cc1ccccc1-c1ccn(C)c(=O)c1.[HH]. The van der Waals surface area contributed by atoms with Gasteiger partial charge >= 0.3 is 6.03 Å².